The van der Waals surface area contributed by atoms with Crippen LogP contribution >= 0.6 is 0 Å². The van der Waals surface area contributed by atoms with Gasteiger partial charge in [0.1, 0.15) is 22.9 Å². The fourth-order valence-electron chi connectivity index (χ4n) is 2.63. The molecule has 3 aromatic rings. The van der Waals surface area contributed by atoms with Gasteiger partial charge in [-0.05, 0) is 42.3 Å². The first-order valence-electron chi connectivity index (χ1n) is 9.60. The Bertz CT molecular complexity index is 1010. The largest absolute Gasteiger partial charge is 0.497 e. The molecule has 31 heavy (non-hydrogen) atoms. The van der Waals surface area contributed by atoms with Crippen LogP contribution in [0.1, 0.15) is 19.4 Å². The van der Waals surface area contributed by atoms with Gasteiger partial charge in [-0.25, -0.2) is 4.98 Å². The third-order valence-corrected chi connectivity index (χ3v) is 4.15. The minimum absolute atomic E-state index is 0.0150. The van der Waals surface area contributed by atoms with Crippen LogP contribution in [0.25, 0.3) is 0 Å². The van der Waals surface area contributed by atoms with E-state index < -0.39 is 11.7 Å². The summed E-state index contributed by atoms with van der Waals surface area (Å²) in [6.45, 7) is 4.40. The molecule has 0 radical (unpaired) electrons. The van der Waals surface area contributed by atoms with Crippen LogP contribution in [-0.2, 0) is 6.18 Å². The number of alkyl halides is 3. The Kier molecular flexibility index (Phi) is 6.84. The number of nitrogens with one attached hydrogen (secondary N) is 2. The third kappa shape index (κ3) is 6.00. The number of hydrogen-bond acceptors (Lipinski definition) is 6. The second-order valence-corrected chi connectivity index (χ2v) is 7.13. The lowest BCUT2D eigenvalue weighted by molar-refractivity contribution is -0.137. The first-order valence-corrected chi connectivity index (χ1v) is 9.60. The van der Waals surface area contributed by atoms with Crippen molar-refractivity contribution in [3.05, 3.63) is 60.3 Å². The molecule has 0 saturated carbocycles. The highest BCUT2D eigenvalue weighted by atomic mass is 19.4. The average molecular weight is 432 g/mol. The number of aromatic nitrogens is 2. The molecule has 9 heteroatoms. The van der Waals surface area contributed by atoms with E-state index in [9.17, 15) is 13.2 Å². The Balaban J connectivity index is 1.91. The Morgan fingerprint density at radius 3 is 2.35 bits per heavy atom. The SMILES string of the molecule is COc1ccc(Nc2ncc(C(F)(F)F)c(Nc3ccccc3OCC(C)C)n2)cc1. The molecule has 3 rings (SSSR count). The quantitative estimate of drug-likeness (QED) is 0.453. The summed E-state index contributed by atoms with van der Waals surface area (Å²) in [5, 5.41) is 5.66. The number of halogens is 3. The van der Waals surface area contributed by atoms with Crippen molar-refractivity contribution in [2.24, 2.45) is 5.92 Å². The molecule has 0 fully saturated rings. The summed E-state index contributed by atoms with van der Waals surface area (Å²) >= 11 is 0. The van der Waals surface area contributed by atoms with E-state index in [1.165, 1.54) is 0 Å². The first-order chi connectivity index (χ1) is 14.8. The number of anilines is 4. The van der Waals surface area contributed by atoms with E-state index in [2.05, 4.69) is 20.6 Å². The lowest BCUT2D eigenvalue weighted by Crippen LogP contribution is -2.13. The number of rotatable bonds is 8. The zero-order valence-corrected chi connectivity index (χ0v) is 17.3. The highest BCUT2D eigenvalue weighted by molar-refractivity contribution is 5.67. The van der Waals surface area contributed by atoms with E-state index in [0.29, 0.717) is 29.5 Å². The van der Waals surface area contributed by atoms with Gasteiger partial charge >= 0.3 is 6.18 Å². The molecule has 2 N–H and O–H groups in total. The maximum atomic E-state index is 13.6. The molecule has 0 bridgehead atoms. The van der Waals surface area contributed by atoms with Crippen molar-refractivity contribution < 1.29 is 22.6 Å². The molecule has 2 aromatic carbocycles. The molecule has 1 aromatic heterocycles. The van der Waals surface area contributed by atoms with Gasteiger partial charge in [0.2, 0.25) is 5.95 Å². The van der Waals surface area contributed by atoms with Crippen LogP contribution in [0.5, 0.6) is 11.5 Å². The van der Waals surface area contributed by atoms with E-state index in [0.717, 1.165) is 6.20 Å². The Morgan fingerprint density at radius 1 is 1.00 bits per heavy atom. The highest BCUT2D eigenvalue weighted by Gasteiger charge is 2.35. The van der Waals surface area contributed by atoms with Gasteiger partial charge in [-0.15, -0.1) is 0 Å². The van der Waals surface area contributed by atoms with Gasteiger partial charge in [0, 0.05) is 11.9 Å². The monoisotopic (exact) mass is 432 g/mol. The summed E-state index contributed by atoms with van der Waals surface area (Å²) in [4.78, 5) is 7.89. The summed E-state index contributed by atoms with van der Waals surface area (Å²) < 4.78 is 51.5. The van der Waals surface area contributed by atoms with E-state index in [4.69, 9.17) is 9.47 Å². The maximum absolute atomic E-state index is 13.6. The van der Waals surface area contributed by atoms with Gasteiger partial charge in [0.25, 0.3) is 0 Å². The fraction of sp³-hybridized carbons (Fsp3) is 0.273. The number of hydrogen-bond donors (Lipinski definition) is 2. The number of methoxy groups -OCH3 is 1. The summed E-state index contributed by atoms with van der Waals surface area (Å²) in [6, 6.07) is 13.6. The molecule has 0 spiro atoms. The van der Waals surface area contributed by atoms with Crippen molar-refractivity contribution in [1.29, 1.82) is 0 Å². The van der Waals surface area contributed by atoms with Gasteiger partial charge in [0.05, 0.1) is 19.4 Å². The van der Waals surface area contributed by atoms with Crippen molar-refractivity contribution in [2.75, 3.05) is 24.4 Å². The van der Waals surface area contributed by atoms with Crippen molar-refractivity contribution in [3.8, 4) is 11.5 Å². The Labute approximate surface area is 178 Å². The van der Waals surface area contributed by atoms with E-state index >= 15 is 0 Å². The van der Waals surface area contributed by atoms with Crippen LogP contribution in [0.2, 0.25) is 0 Å². The molecular weight excluding hydrogens is 409 g/mol. The lowest BCUT2D eigenvalue weighted by atomic mass is 10.2. The second kappa shape index (κ2) is 9.55. The normalized spacial score (nSPS) is 11.3. The fourth-order valence-corrected chi connectivity index (χ4v) is 2.63. The minimum Gasteiger partial charge on any atom is -0.497 e. The van der Waals surface area contributed by atoms with Crippen LogP contribution in [0.3, 0.4) is 0 Å². The van der Waals surface area contributed by atoms with Crippen LogP contribution in [0.15, 0.2) is 54.7 Å². The molecule has 0 unspecified atom stereocenters. The van der Waals surface area contributed by atoms with Crippen molar-refractivity contribution in [2.45, 2.75) is 20.0 Å². The first kappa shape index (κ1) is 22.2. The zero-order chi connectivity index (χ0) is 22.4. The molecule has 0 amide bonds. The van der Waals surface area contributed by atoms with Crippen molar-refractivity contribution in [3.63, 3.8) is 0 Å². The van der Waals surface area contributed by atoms with E-state index in [1.807, 2.05) is 13.8 Å². The standard InChI is InChI=1S/C22H23F3N4O2/c1-14(2)13-31-19-7-5-4-6-18(19)28-20-17(22(23,24)25)12-26-21(29-20)27-15-8-10-16(30-3)11-9-15/h4-12,14H,13H2,1-3H3,(H2,26,27,28,29). The van der Waals surface area contributed by atoms with Gasteiger partial charge < -0.3 is 20.1 Å². The lowest BCUT2D eigenvalue weighted by Gasteiger charge is -2.17. The third-order valence-electron chi connectivity index (χ3n) is 4.15. The summed E-state index contributed by atoms with van der Waals surface area (Å²) in [7, 11) is 1.54. The molecule has 0 saturated heterocycles. The Morgan fingerprint density at radius 2 is 1.71 bits per heavy atom. The molecule has 0 atom stereocenters. The maximum Gasteiger partial charge on any atom is 0.421 e. The molecule has 0 aliphatic rings. The van der Waals surface area contributed by atoms with Crippen molar-refractivity contribution >= 4 is 23.1 Å². The van der Waals surface area contributed by atoms with E-state index in [-0.39, 0.29) is 17.7 Å². The number of benzene rings is 2. The van der Waals surface area contributed by atoms with Gasteiger partial charge in [-0.3, -0.25) is 0 Å². The number of para-hydroxylation sites is 2. The van der Waals surface area contributed by atoms with Crippen LogP contribution in [-0.4, -0.2) is 23.7 Å². The highest BCUT2D eigenvalue weighted by Crippen LogP contribution is 2.37. The Hall–Kier alpha value is -3.49. The zero-order valence-electron chi connectivity index (χ0n) is 17.3. The second-order valence-electron chi connectivity index (χ2n) is 7.13. The molecule has 0 aliphatic heterocycles. The molecule has 164 valence electrons. The van der Waals surface area contributed by atoms with Crippen LogP contribution < -0.4 is 20.1 Å². The average Bonchev–Trinajstić information content (AvgIpc) is 2.73. The van der Waals surface area contributed by atoms with Gasteiger partial charge in [-0.1, -0.05) is 26.0 Å². The van der Waals surface area contributed by atoms with Crippen LogP contribution in [0.4, 0.5) is 36.3 Å². The molecule has 6 nitrogen and oxygen atoms in total. The topological polar surface area (TPSA) is 68.3 Å². The molecule has 1 heterocycles. The van der Waals surface area contributed by atoms with Gasteiger partial charge in [-0.2, -0.15) is 18.2 Å². The van der Waals surface area contributed by atoms with Crippen molar-refractivity contribution in [1.82, 2.24) is 9.97 Å². The number of ether oxygens (including phenoxy) is 2. The van der Waals surface area contributed by atoms with Gasteiger partial charge in [0.15, 0.2) is 0 Å². The molecule has 0 aliphatic carbocycles. The van der Waals surface area contributed by atoms with E-state index in [1.54, 1.807) is 55.6 Å². The summed E-state index contributed by atoms with van der Waals surface area (Å²) in [6.07, 6.45) is -3.88. The molecular formula is C22H23F3N4O2. The predicted octanol–water partition coefficient (Wildman–Crippen LogP) is 6.03. The smallest absolute Gasteiger partial charge is 0.421 e. The minimum atomic E-state index is -4.63. The number of nitrogens with zero attached hydrogens (tertiary/aromatic N) is 2. The summed E-state index contributed by atoms with van der Waals surface area (Å²) in [5.74, 6) is 0.991. The van der Waals surface area contributed by atoms with Crippen LogP contribution in [0, 0.1) is 5.92 Å². The predicted molar refractivity (Wildman–Crippen MR) is 113 cm³/mol. The summed E-state index contributed by atoms with van der Waals surface area (Å²) in [5.41, 5.74) is 0.00127.